The van der Waals surface area contributed by atoms with Crippen LogP contribution in [0.4, 0.5) is 0 Å². The first-order valence-corrected chi connectivity index (χ1v) is 9.00. The van der Waals surface area contributed by atoms with Gasteiger partial charge in [0.15, 0.2) is 5.15 Å². The van der Waals surface area contributed by atoms with Crippen molar-refractivity contribution in [3.63, 3.8) is 0 Å². The molecule has 1 fully saturated rings. The molecular formula is C19H21ClN4O. The number of aryl methyl sites for hydroxylation is 1. The number of hydrogen-bond acceptors (Lipinski definition) is 4. The molecule has 0 spiro atoms. The summed E-state index contributed by atoms with van der Waals surface area (Å²) in [6.07, 6.45) is 2.27. The molecule has 5 nitrogen and oxygen atoms in total. The number of nitrogens with one attached hydrogen (secondary N) is 1. The average Bonchev–Trinajstić information content (AvgIpc) is 2.94. The van der Waals surface area contributed by atoms with Crippen LogP contribution >= 0.6 is 11.6 Å². The van der Waals surface area contributed by atoms with E-state index in [1.807, 2.05) is 31.3 Å². The minimum Gasteiger partial charge on any atom is -0.473 e. The number of ether oxygens (including phenoxy) is 1. The highest BCUT2D eigenvalue weighted by molar-refractivity contribution is 6.34. The van der Waals surface area contributed by atoms with E-state index in [0.29, 0.717) is 23.6 Å². The van der Waals surface area contributed by atoms with E-state index in [1.165, 1.54) is 0 Å². The van der Waals surface area contributed by atoms with Crippen LogP contribution in [0.5, 0.6) is 5.88 Å². The molecule has 0 bridgehead atoms. The van der Waals surface area contributed by atoms with Gasteiger partial charge in [0.25, 0.3) is 0 Å². The minimum absolute atomic E-state index is 0.474. The fraction of sp³-hybridized carbons (Fsp3) is 0.368. The lowest BCUT2D eigenvalue weighted by atomic mass is 9.94. The summed E-state index contributed by atoms with van der Waals surface area (Å²) in [5, 5.41) is 9.11. The maximum absolute atomic E-state index is 6.12. The van der Waals surface area contributed by atoms with Gasteiger partial charge in [0.1, 0.15) is 6.61 Å². The van der Waals surface area contributed by atoms with Gasteiger partial charge in [0.2, 0.25) is 5.88 Å². The van der Waals surface area contributed by atoms with Gasteiger partial charge in [-0.1, -0.05) is 23.7 Å². The zero-order chi connectivity index (χ0) is 17.2. The molecular weight excluding hydrogens is 336 g/mol. The molecule has 1 aliphatic rings. The van der Waals surface area contributed by atoms with Gasteiger partial charge in [-0.25, -0.2) is 4.98 Å². The summed E-state index contributed by atoms with van der Waals surface area (Å²) in [5.41, 5.74) is 3.21. The van der Waals surface area contributed by atoms with E-state index in [9.17, 15) is 0 Å². The molecule has 1 N–H and O–H groups in total. The van der Waals surface area contributed by atoms with Gasteiger partial charge in [0, 0.05) is 30.1 Å². The van der Waals surface area contributed by atoms with Gasteiger partial charge in [0.05, 0.1) is 5.52 Å². The molecule has 0 saturated carbocycles. The Morgan fingerprint density at radius 2 is 2.08 bits per heavy atom. The van der Waals surface area contributed by atoms with Gasteiger partial charge in [-0.2, -0.15) is 5.10 Å². The topological polar surface area (TPSA) is 52.0 Å². The minimum atomic E-state index is 0.474. The van der Waals surface area contributed by atoms with Crippen molar-refractivity contribution >= 4 is 22.5 Å². The molecule has 0 atom stereocenters. The van der Waals surface area contributed by atoms with Crippen molar-refractivity contribution in [3.8, 4) is 5.88 Å². The van der Waals surface area contributed by atoms with E-state index >= 15 is 0 Å². The Morgan fingerprint density at radius 1 is 1.24 bits per heavy atom. The predicted octanol–water partition coefficient (Wildman–Crippen LogP) is 3.67. The van der Waals surface area contributed by atoms with Crippen molar-refractivity contribution in [1.82, 2.24) is 20.1 Å². The van der Waals surface area contributed by atoms with Crippen LogP contribution in [0.3, 0.4) is 0 Å². The van der Waals surface area contributed by atoms with Crippen molar-refractivity contribution in [3.05, 3.63) is 52.8 Å². The fourth-order valence-corrected chi connectivity index (χ4v) is 3.64. The molecule has 1 saturated heterocycles. The highest BCUT2D eigenvalue weighted by atomic mass is 35.5. The normalized spacial score (nSPS) is 15.6. The van der Waals surface area contributed by atoms with E-state index in [-0.39, 0.29) is 0 Å². The zero-order valence-electron chi connectivity index (χ0n) is 14.2. The summed E-state index contributed by atoms with van der Waals surface area (Å²) in [5.74, 6) is 1.21. The predicted molar refractivity (Wildman–Crippen MR) is 99.1 cm³/mol. The Morgan fingerprint density at radius 3 is 2.92 bits per heavy atom. The van der Waals surface area contributed by atoms with Crippen molar-refractivity contribution in [2.45, 2.75) is 25.4 Å². The molecule has 1 aliphatic heterocycles. The van der Waals surface area contributed by atoms with Crippen LogP contribution in [0.25, 0.3) is 10.9 Å². The van der Waals surface area contributed by atoms with Gasteiger partial charge >= 0.3 is 0 Å². The molecule has 130 valence electrons. The lowest BCUT2D eigenvalue weighted by molar-refractivity contribution is 0.291. The number of piperidine rings is 1. The molecule has 3 heterocycles. The lowest BCUT2D eigenvalue weighted by Gasteiger charge is -2.22. The molecule has 4 rings (SSSR count). The first kappa shape index (κ1) is 16.4. The maximum Gasteiger partial charge on any atom is 0.213 e. The number of aromatic nitrogens is 3. The molecule has 2 aromatic heterocycles. The molecule has 1 aromatic carbocycles. The van der Waals surface area contributed by atoms with Crippen LogP contribution in [0.15, 0.2) is 36.4 Å². The quantitative estimate of drug-likeness (QED) is 0.775. The monoisotopic (exact) mass is 356 g/mol. The molecule has 6 heteroatoms. The first-order chi connectivity index (χ1) is 12.2. The van der Waals surface area contributed by atoms with Crippen molar-refractivity contribution in [2.24, 2.45) is 7.05 Å². The Labute approximate surface area is 152 Å². The standard InChI is InChI=1S/C19H21ClN4O/c1-24-17-11-13(5-6-15(17)19(20)23-24)12-25-18-4-2-3-16(22-18)14-7-9-21-10-8-14/h2-6,11,14,21H,7-10,12H2,1H3. The largest absolute Gasteiger partial charge is 0.473 e. The molecule has 0 aliphatic carbocycles. The summed E-state index contributed by atoms with van der Waals surface area (Å²) < 4.78 is 7.72. The first-order valence-electron chi connectivity index (χ1n) is 8.62. The van der Waals surface area contributed by atoms with Crippen molar-refractivity contribution in [1.29, 1.82) is 0 Å². The summed E-state index contributed by atoms with van der Waals surface area (Å²) in [7, 11) is 1.89. The van der Waals surface area contributed by atoms with E-state index in [2.05, 4.69) is 22.5 Å². The Balaban J connectivity index is 1.48. The maximum atomic E-state index is 6.12. The van der Waals surface area contributed by atoms with Gasteiger partial charge in [-0.05, 0) is 49.7 Å². The van der Waals surface area contributed by atoms with Gasteiger partial charge in [-0.15, -0.1) is 0 Å². The Bertz CT molecular complexity index is 886. The van der Waals surface area contributed by atoms with E-state index < -0.39 is 0 Å². The number of nitrogens with zero attached hydrogens (tertiary/aromatic N) is 3. The number of fused-ring (bicyclic) bond motifs is 1. The summed E-state index contributed by atoms with van der Waals surface area (Å²) in [6.45, 7) is 2.59. The number of rotatable bonds is 4. The number of pyridine rings is 1. The fourth-order valence-electron chi connectivity index (χ4n) is 3.36. The number of halogens is 1. The molecule has 0 radical (unpaired) electrons. The highest BCUT2D eigenvalue weighted by Crippen LogP contribution is 2.26. The molecule has 3 aromatic rings. The molecule has 25 heavy (non-hydrogen) atoms. The lowest BCUT2D eigenvalue weighted by Crippen LogP contribution is -2.27. The summed E-state index contributed by atoms with van der Waals surface area (Å²) in [6, 6.07) is 12.1. The second-order valence-electron chi connectivity index (χ2n) is 6.48. The van der Waals surface area contributed by atoms with Crippen LogP contribution in [-0.4, -0.2) is 27.9 Å². The smallest absolute Gasteiger partial charge is 0.213 e. The zero-order valence-corrected chi connectivity index (χ0v) is 15.0. The third-order valence-corrected chi connectivity index (χ3v) is 5.04. The van der Waals surface area contributed by atoms with Crippen LogP contribution in [-0.2, 0) is 13.7 Å². The van der Waals surface area contributed by atoms with Gasteiger partial charge < -0.3 is 10.1 Å². The number of hydrogen-bond donors (Lipinski definition) is 1. The number of benzene rings is 1. The molecule has 0 unspecified atom stereocenters. The third kappa shape index (κ3) is 3.48. The molecule has 0 amide bonds. The van der Waals surface area contributed by atoms with E-state index in [0.717, 1.165) is 48.1 Å². The van der Waals surface area contributed by atoms with Crippen LogP contribution in [0.1, 0.15) is 30.0 Å². The highest BCUT2D eigenvalue weighted by Gasteiger charge is 2.16. The van der Waals surface area contributed by atoms with Crippen molar-refractivity contribution in [2.75, 3.05) is 13.1 Å². The second-order valence-corrected chi connectivity index (χ2v) is 6.84. The second kappa shape index (κ2) is 7.02. The average molecular weight is 357 g/mol. The van der Waals surface area contributed by atoms with E-state index in [1.54, 1.807) is 4.68 Å². The van der Waals surface area contributed by atoms with Crippen LogP contribution in [0, 0.1) is 0 Å². The van der Waals surface area contributed by atoms with E-state index in [4.69, 9.17) is 21.3 Å². The third-order valence-electron chi connectivity index (χ3n) is 4.76. The van der Waals surface area contributed by atoms with Gasteiger partial charge in [-0.3, -0.25) is 4.68 Å². The Hall–Kier alpha value is -2.11. The SMILES string of the molecule is Cn1nc(Cl)c2ccc(COc3cccc(C4CCNCC4)n3)cc21. The van der Waals surface area contributed by atoms with Crippen LogP contribution < -0.4 is 10.1 Å². The summed E-state index contributed by atoms with van der Waals surface area (Å²) in [4.78, 5) is 4.71. The van der Waals surface area contributed by atoms with Crippen molar-refractivity contribution < 1.29 is 4.74 Å². The van der Waals surface area contributed by atoms with Crippen LogP contribution in [0.2, 0.25) is 5.15 Å². The Kier molecular flexibility index (Phi) is 4.59. The summed E-state index contributed by atoms with van der Waals surface area (Å²) >= 11 is 6.12.